The van der Waals surface area contributed by atoms with E-state index in [0.717, 1.165) is 4.41 Å². The third-order valence-electron chi connectivity index (χ3n) is 4.70. The topological polar surface area (TPSA) is 127 Å². The summed E-state index contributed by atoms with van der Waals surface area (Å²) in [6.45, 7) is 0. The minimum atomic E-state index is -4.08. The van der Waals surface area contributed by atoms with Crippen molar-refractivity contribution in [1.29, 1.82) is 0 Å². The van der Waals surface area contributed by atoms with Gasteiger partial charge in [-0.1, -0.05) is 0 Å². The third-order valence-corrected chi connectivity index (χ3v) is 10.0. The second kappa shape index (κ2) is 7.32. The predicted octanol–water partition coefficient (Wildman–Crippen LogP) is -0.435. The highest BCUT2D eigenvalue weighted by molar-refractivity contribution is 7.92. The Kier molecular flexibility index (Phi) is 5.56. The van der Waals surface area contributed by atoms with E-state index in [4.69, 9.17) is 4.74 Å². The van der Waals surface area contributed by atoms with E-state index in [-0.39, 0.29) is 40.7 Å². The molecule has 12 heteroatoms. The molecule has 2 aliphatic heterocycles. The summed E-state index contributed by atoms with van der Waals surface area (Å²) >= 11 is 0. The first kappa shape index (κ1) is 20.5. The Hall–Kier alpha value is -1.21. The van der Waals surface area contributed by atoms with Crippen LogP contribution in [-0.2, 0) is 29.7 Å². The highest BCUT2D eigenvalue weighted by Crippen LogP contribution is 2.26. The number of nitrogens with zero attached hydrogens (tertiary/aromatic N) is 1. The van der Waals surface area contributed by atoms with Gasteiger partial charge in [-0.15, -0.1) is 4.41 Å². The average molecular weight is 439 g/mol. The van der Waals surface area contributed by atoms with Crippen LogP contribution in [0.1, 0.15) is 12.8 Å². The number of rotatable bonds is 6. The molecule has 152 valence electrons. The molecule has 0 radical (unpaired) electrons. The van der Waals surface area contributed by atoms with E-state index in [0.29, 0.717) is 5.75 Å². The Balaban J connectivity index is 1.92. The molecular weight excluding hydrogens is 416 g/mol. The van der Waals surface area contributed by atoms with Crippen molar-refractivity contribution in [2.24, 2.45) is 0 Å². The lowest BCUT2D eigenvalue weighted by molar-refractivity contribution is 0.229. The molecule has 27 heavy (non-hydrogen) atoms. The summed E-state index contributed by atoms with van der Waals surface area (Å²) in [7, 11) is -9.18. The number of hydrogen-bond acceptors (Lipinski definition) is 8. The molecule has 2 fully saturated rings. The maximum Gasteiger partial charge on any atom is 0.256 e. The first-order valence-corrected chi connectivity index (χ1v) is 13.5. The van der Waals surface area contributed by atoms with Crippen LogP contribution in [0.4, 0.5) is 0 Å². The molecule has 0 saturated carbocycles. The second-order valence-corrected chi connectivity index (χ2v) is 13.0. The van der Waals surface area contributed by atoms with Crippen molar-refractivity contribution in [3.8, 4) is 5.75 Å². The minimum absolute atomic E-state index is 0.0238. The van der Waals surface area contributed by atoms with E-state index in [2.05, 4.69) is 5.43 Å². The normalized spacial score (nSPS) is 27.0. The molecule has 2 atom stereocenters. The van der Waals surface area contributed by atoms with Crippen LogP contribution in [0.2, 0.25) is 0 Å². The average Bonchev–Trinajstić information content (AvgIpc) is 3.13. The molecule has 0 aromatic heterocycles. The van der Waals surface area contributed by atoms with Gasteiger partial charge in [0.15, 0.2) is 19.7 Å². The van der Waals surface area contributed by atoms with Gasteiger partial charge >= 0.3 is 0 Å². The molecule has 0 unspecified atom stereocenters. The summed E-state index contributed by atoms with van der Waals surface area (Å²) in [4.78, 5) is -0.0269. The van der Waals surface area contributed by atoms with Gasteiger partial charge in [0, 0.05) is 6.04 Å². The molecule has 0 amide bonds. The molecule has 9 nitrogen and oxygen atoms in total. The molecular formula is C15H22N2O7S3. The second-order valence-electron chi connectivity index (χ2n) is 6.76. The fraction of sp³-hybridized carbons (Fsp3) is 0.600. The number of methoxy groups -OCH3 is 1. The van der Waals surface area contributed by atoms with Crippen molar-refractivity contribution in [2.75, 3.05) is 30.1 Å². The van der Waals surface area contributed by atoms with Gasteiger partial charge in [0.25, 0.3) is 10.0 Å². The van der Waals surface area contributed by atoms with Crippen LogP contribution in [0.15, 0.2) is 29.2 Å². The van der Waals surface area contributed by atoms with Crippen LogP contribution < -0.4 is 10.2 Å². The summed E-state index contributed by atoms with van der Waals surface area (Å²) in [5.41, 5.74) is 2.79. The Morgan fingerprint density at radius 3 is 2.07 bits per heavy atom. The van der Waals surface area contributed by atoms with Crippen molar-refractivity contribution >= 4 is 29.7 Å². The quantitative estimate of drug-likeness (QED) is 0.593. The zero-order chi connectivity index (χ0) is 19.9. The van der Waals surface area contributed by atoms with Crippen LogP contribution >= 0.6 is 0 Å². The summed E-state index contributed by atoms with van der Waals surface area (Å²) in [5.74, 6) is -0.115. The smallest absolute Gasteiger partial charge is 0.256 e. The van der Waals surface area contributed by atoms with Crippen molar-refractivity contribution in [1.82, 2.24) is 9.84 Å². The molecule has 0 bridgehead atoms. The largest absolute Gasteiger partial charge is 0.497 e. The lowest BCUT2D eigenvalue weighted by Crippen LogP contribution is -2.54. The van der Waals surface area contributed by atoms with Crippen LogP contribution in [0.5, 0.6) is 5.75 Å². The van der Waals surface area contributed by atoms with Gasteiger partial charge in [0.1, 0.15) is 5.75 Å². The monoisotopic (exact) mass is 438 g/mol. The van der Waals surface area contributed by atoms with Crippen molar-refractivity contribution in [2.45, 2.75) is 29.8 Å². The zero-order valence-corrected chi connectivity index (χ0v) is 17.2. The standard InChI is InChI=1S/C15H22N2O7S3/c1-24-14-2-4-15(5-3-14)27(22,23)17(13-7-9-26(20,21)11-13)16-12-6-8-25(18,19)10-12/h2-5,12-13,16H,6-11H2,1H3/t12-,13+/m1/s1. The van der Waals surface area contributed by atoms with E-state index >= 15 is 0 Å². The minimum Gasteiger partial charge on any atom is -0.497 e. The summed E-state index contributed by atoms with van der Waals surface area (Å²) in [5, 5.41) is 0. The number of hydrazine groups is 1. The van der Waals surface area contributed by atoms with E-state index in [9.17, 15) is 25.3 Å². The van der Waals surface area contributed by atoms with E-state index in [1.807, 2.05) is 0 Å². The Morgan fingerprint density at radius 2 is 1.59 bits per heavy atom. The Morgan fingerprint density at radius 1 is 1.00 bits per heavy atom. The molecule has 0 spiro atoms. The molecule has 0 aliphatic carbocycles. The lowest BCUT2D eigenvalue weighted by Gasteiger charge is -2.30. The van der Waals surface area contributed by atoms with E-state index < -0.39 is 41.8 Å². The summed E-state index contributed by atoms with van der Waals surface area (Å²) in [6.07, 6.45) is 0.431. The zero-order valence-electron chi connectivity index (χ0n) is 14.7. The van der Waals surface area contributed by atoms with Gasteiger partial charge in [0.2, 0.25) is 0 Å². The number of ether oxygens (including phenoxy) is 1. The number of sulfone groups is 2. The number of benzene rings is 1. The first-order valence-electron chi connectivity index (χ1n) is 8.38. The highest BCUT2D eigenvalue weighted by atomic mass is 32.2. The van der Waals surface area contributed by atoms with Crippen LogP contribution in [0.25, 0.3) is 0 Å². The summed E-state index contributed by atoms with van der Waals surface area (Å²) < 4.78 is 79.5. The predicted molar refractivity (Wildman–Crippen MR) is 99.3 cm³/mol. The van der Waals surface area contributed by atoms with Gasteiger partial charge in [-0.2, -0.15) is 0 Å². The van der Waals surface area contributed by atoms with Gasteiger partial charge in [-0.05, 0) is 37.1 Å². The Bertz CT molecular complexity index is 1000. The van der Waals surface area contributed by atoms with E-state index in [1.54, 1.807) is 0 Å². The van der Waals surface area contributed by atoms with Crippen LogP contribution in [0, 0.1) is 0 Å². The van der Waals surface area contributed by atoms with Gasteiger partial charge in [0.05, 0.1) is 41.1 Å². The summed E-state index contributed by atoms with van der Waals surface area (Å²) in [6, 6.07) is 4.37. The molecule has 2 saturated heterocycles. The maximum atomic E-state index is 13.2. The SMILES string of the molecule is COc1ccc(S(=O)(=O)N(N[C@@H]2CCS(=O)(=O)C2)[C@H]2CCS(=O)(=O)C2)cc1. The fourth-order valence-corrected chi connectivity index (χ4v) is 8.30. The molecule has 1 aromatic carbocycles. The molecule has 1 N–H and O–H groups in total. The van der Waals surface area contributed by atoms with E-state index in [1.165, 1.54) is 31.4 Å². The van der Waals surface area contributed by atoms with Crippen LogP contribution in [-0.4, -0.2) is 71.9 Å². The molecule has 2 heterocycles. The highest BCUT2D eigenvalue weighted by Gasteiger charge is 2.41. The van der Waals surface area contributed by atoms with Crippen LogP contribution in [0.3, 0.4) is 0 Å². The number of sulfonamides is 1. The molecule has 1 aromatic rings. The lowest BCUT2D eigenvalue weighted by atomic mass is 10.2. The van der Waals surface area contributed by atoms with Gasteiger partial charge < -0.3 is 4.74 Å². The fourth-order valence-electron chi connectivity index (χ4n) is 3.27. The number of hydrogen-bond donors (Lipinski definition) is 1. The molecule has 3 rings (SSSR count). The van der Waals surface area contributed by atoms with Crippen molar-refractivity contribution in [3.63, 3.8) is 0 Å². The molecule has 2 aliphatic rings. The maximum absolute atomic E-state index is 13.2. The first-order chi connectivity index (χ1) is 12.5. The Labute approximate surface area is 159 Å². The van der Waals surface area contributed by atoms with Crippen molar-refractivity contribution < 1.29 is 30.0 Å². The van der Waals surface area contributed by atoms with Gasteiger partial charge in [-0.3, -0.25) is 0 Å². The van der Waals surface area contributed by atoms with Crippen molar-refractivity contribution in [3.05, 3.63) is 24.3 Å². The number of nitrogens with one attached hydrogen (secondary N) is 1. The van der Waals surface area contributed by atoms with Gasteiger partial charge in [-0.25, -0.2) is 30.7 Å². The third kappa shape index (κ3) is 4.62.